The van der Waals surface area contributed by atoms with Crippen LogP contribution in [0, 0.1) is 12.3 Å². The van der Waals surface area contributed by atoms with E-state index in [0.29, 0.717) is 0 Å². The van der Waals surface area contributed by atoms with E-state index >= 15 is 0 Å². The molecule has 1 N–H and O–H groups in total. The molecule has 0 radical (unpaired) electrons. The zero-order valence-electron chi connectivity index (χ0n) is 6.56. The zero-order valence-corrected chi connectivity index (χ0v) is 6.56. The summed E-state index contributed by atoms with van der Waals surface area (Å²) in [5.41, 5.74) is 0. The Morgan fingerprint density at radius 2 is 2.50 bits per heavy atom. The van der Waals surface area contributed by atoms with Crippen molar-refractivity contribution in [1.29, 1.82) is 0 Å². The Morgan fingerprint density at radius 3 is 2.90 bits per heavy atom. The van der Waals surface area contributed by atoms with Crippen LogP contribution in [0.2, 0.25) is 0 Å². The van der Waals surface area contributed by atoms with E-state index in [0.717, 1.165) is 19.4 Å². The molecule has 0 fully saturated rings. The average Bonchev–Trinajstić information content (AvgIpc) is 1.99. The van der Waals surface area contributed by atoms with E-state index in [1.165, 1.54) is 0 Å². The molecule has 0 bridgehead atoms. The molecule has 0 aromatic heterocycles. The summed E-state index contributed by atoms with van der Waals surface area (Å²) in [6.07, 6.45) is 9.09. The molecule has 0 spiro atoms. The Balaban J connectivity index is 3.28. The number of terminal acetylenes is 1. The minimum atomic E-state index is 0.236. The lowest BCUT2D eigenvalue weighted by Crippen LogP contribution is -2.27. The maximum absolute atomic E-state index is 5.23. The number of hydrogen-bond donors (Lipinski definition) is 1. The van der Waals surface area contributed by atoms with Gasteiger partial charge < -0.3 is 5.32 Å². The van der Waals surface area contributed by atoms with Gasteiger partial charge in [0, 0.05) is 0 Å². The van der Waals surface area contributed by atoms with Crippen LogP contribution < -0.4 is 5.32 Å². The predicted octanol–water partition coefficient (Wildman–Crippen LogP) is 1.56. The largest absolute Gasteiger partial charge is 0.303 e. The molecule has 56 valence electrons. The first-order chi connectivity index (χ1) is 4.85. The summed E-state index contributed by atoms with van der Waals surface area (Å²) in [5, 5.41) is 3.21. The Labute approximate surface area is 63.5 Å². The molecule has 10 heavy (non-hydrogen) atoms. The van der Waals surface area contributed by atoms with Crippen LogP contribution in [-0.2, 0) is 0 Å². The number of hydrogen-bond acceptors (Lipinski definition) is 1. The van der Waals surface area contributed by atoms with Crippen molar-refractivity contribution in [3.63, 3.8) is 0 Å². The smallest absolute Gasteiger partial charge is 0.0684 e. The highest BCUT2D eigenvalue weighted by Gasteiger charge is 1.96. The minimum absolute atomic E-state index is 0.236. The van der Waals surface area contributed by atoms with E-state index in [2.05, 4.69) is 24.7 Å². The maximum Gasteiger partial charge on any atom is 0.0684 e. The molecule has 0 amide bonds. The van der Waals surface area contributed by atoms with Gasteiger partial charge in [0.2, 0.25) is 0 Å². The minimum Gasteiger partial charge on any atom is -0.303 e. The molecule has 0 aliphatic rings. The summed E-state index contributed by atoms with van der Waals surface area (Å²) in [5.74, 6) is 2.67. The van der Waals surface area contributed by atoms with Crippen molar-refractivity contribution in [1.82, 2.24) is 5.32 Å². The normalized spacial score (nSPS) is 12.0. The van der Waals surface area contributed by atoms with Crippen molar-refractivity contribution in [2.24, 2.45) is 0 Å². The first-order valence-electron chi connectivity index (χ1n) is 3.65. The molecule has 1 heteroatoms. The highest BCUT2D eigenvalue weighted by molar-refractivity contribution is 4.97. The van der Waals surface area contributed by atoms with E-state index < -0.39 is 0 Å². The summed E-state index contributed by atoms with van der Waals surface area (Å²) < 4.78 is 0. The summed E-state index contributed by atoms with van der Waals surface area (Å²) in [6.45, 7) is 6.63. The predicted molar refractivity (Wildman–Crippen MR) is 45.7 cm³/mol. The third-order valence-electron chi connectivity index (χ3n) is 1.35. The molecule has 1 atom stereocenters. The van der Waals surface area contributed by atoms with E-state index in [9.17, 15) is 0 Å². The molecular formula is C9H15N. The Bertz CT molecular complexity index is 121. The SMILES string of the molecule is C#CC(CC)NCCC=C. The van der Waals surface area contributed by atoms with Crippen LogP contribution >= 0.6 is 0 Å². The van der Waals surface area contributed by atoms with E-state index in [4.69, 9.17) is 6.42 Å². The van der Waals surface area contributed by atoms with Gasteiger partial charge in [-0.3, -0.25) is 0 Å². The summed E-state index contributed by atoms with van der Waals surface area (Å²) >= 11 is 0. The first-order valence-corrected chi connectivity index (χ1v) is 3.65. The van der Waals surface area contributed by atoms with Crippen molar-refractivity contribution < 1.29 is 0 Å². The van der Waals surface area contributed by atoms with Gasteiger partial charge in [0.25, 0.3) is 0 Å². The lowest BCUT2D eigenvalue weighted by molar-refractivity contribution is 0.598. The molecule has 0 aliphatic carbocycles. The van der Waals surface area contributed by atoms with Crippen molar-refractivity contribution in [3.05, 3.63) is 12.7 Å². The molecule has 0 saturated carbocycles. The second-order valence-corrected chi connectivity index (χ2v) is 2.16. The van der Waals surface area contributed by atoms with Gasteiger partial charge >= 0.3 is 0 Å². The molecule has 0 rings (SSSR count). The molecule has 0 aliphatic heterocycles. The maximum atomic E-state index is 5.23. The number of nitrogens with one attached hydrogen (secondary N) is 1. The zero-order chi connectivity index (χ0) is 7.82. The van der Waals surface area contributed by atoms with Crippen molar-refractivity contribution in [2.45, 2.75) is 25.8 Å². The van der Waals surface area contributed by atoms with Crippen molar-refractivity contribution in [3.8, 4) is 12.3 Å². The fourth-order valence-corrected chi connectivity index (χ4v) is 0.681. The number of rotatable bonds is 5. The van der Waals surface area contributed by atoms with Gasteiger partial charge in [-0.1, -0.05) is 18.9 Å². The van der Waals surface area contributed by atoms with Crippen LogP contribution in [-0.4, -0.2) is 12.6 Å². The van der Waals surface area contributed by atoms with E-state index in [-0.39, 0.29) is 6.04 Å². The van der Waals surface area contributed by atoms with Crippen LogP contribution in [0.15, 0.2) is 12.7 Å². The molecular weight excluding hydrogens is 122 g/mol. The van der Waals surface area contributed by atoms with Gasteiger partial charge in [-0.15, -0.1) is 13.0 Å². The lowest BCUT2D eigenvalue weighted by atomic mass is 10.2. The van der Waals surface area contributed by atoms with E-state index in [1.54, 1.807) is 0 Å². The highest BCUT2D eigenvalue weighted by atomic mass is 14.9. The van der Waals surface area contributed by atoms with E-state index in [1.807, 2.05) is 6.08 Å². The third-order valence-corrected chi connectivity index (χ3v) is 1.35. The quantitative estimate of drug-likeness (QED) is 0.344. The summed E-state index contributed by atoms with van der Waals surface area (Å²) in [7, 11) is 0. The van der Waals surface area contributed by atoms with Crippen LogP contribution in [0.1, 0.15) is 19.8 Å². The average molecular weight is 137 g/mol. The standard InChI is InChI=1S/C9H15N/c1-4-7-8-10-9(5-2)6-3/h2,4,9-10H,1,6-8H2,3H3. The highest BCUT2D eigenvalue weighted by Crippen LogP contribution is 1.87. The van der Waals surface area contributed by atoms with Gasteiger partial charge in [0.05, 0.1) is 6.04 Å². The molecule has 0 heterocycles. The molecule has 0 saturated heterocycles. The van der Waals surface area contributed by atoms with Gasteiger partial charge in [-0.2, -0.15) is 0 Å². The lowest BCUT2D eigenvalue weighted by Gasteiger charge is -2.07. The van der Waals surface area contributed by atoms with Gasteiger partial charge in [0.15, 0.2) is 0 Å². The molecule has 0 aromatic rings. The Morgan fingerprint density at radius 1 is 1.80 bits per heavy atom. The second kappa shape index (κ2) is 6.38. The van der Waals surface area contributed by atoms with Crippen LogP contribution in [0.4, 0.5) is 0 Å². The van der Waals surface area contributed by atoms with Gasteiger partial charge in [0.1, 0.15) is 0 Å². The van der Waals surface area contributed by atoms with Crippen LogP contribution in [0.5, 0.6) is 0 Å². The summed E-state index contributed by atoms with van der Waals surface area (Å²) in [4.78, 5) is 0. The Hall–Kier alpha value is -0.740. The Kier molecular flexibility index (Phi) is 5.91. The molecule has 0 aromatic carbocycles. The summed E-state index contributed by atoms with van der Waals surface area (Å²) in [6, 6.07) is 0.236. The second-order valence-electron chi connectivity index (χ2n) is 2.16. The molecule has 1 unspecified atom stereocenters. The third kappa shape index (κ3) is 4.17. The fraction of sp³-hybridized carbons (Fsp3) is 0.556. The first kappa shape index (κ1) is 9.26. The fourth-order valence-electron chi connectivity index (χ4n) is 0.681. The van der Waals surface area contributed by atoms with Crippen molar-refractivity contribution >= 4 is 0 Å². The monoisotopic (exact) mass is 137 g/mol. The van der Waals surface area contributed by atoms with Crippen LogP contribution in [0.3, 0.4) is 0 Å². The van der Waals surface area contributed by atoms with Crippen molar-refractivity contribution in [2.75, 3.05) is 6.54 Å². The van der Waals surface area contributed by atoms with Crippen LogP contribution in [0.25, 0.3) is 0 Å². The topological polar surface area (TPSA) is 12.0 Å². The van der Waals surface area contributed by atoms with Gasteiger partial charge in [-0.25, -0.2) is 0 Å². The molecule has 1 nitrogen and oxygen atoms in total. The van der Waals surface area contributed by atoms with Gasteiger partial charge in [-0.05, 0) is 19.4 Å².